The molecule has 49 heavy (non-hydrogen) atoms. The zero-order valence-corrected chi connectivity index (χ0v) is 29.1. The number of aromatic hydroxyl groups is 1. The summed E-state index contributed by atoms with van der Waals surface area (Å²) in [5.74, 6) is -0.208. The number of carbonyl (C=O) groups is 1. The summed E-state index contributed by atoms with van der Waals surface area (Å²) in [6, 6.07) is 15.7. The number of H-pyrrole nitrogens is 1. The largest absolute Gasteiger partial charge is 0.506 e. The van der Waals surface area contributed by atoms with Crippen molar-refractivity contribution in [2.75, 3.05) is 39.3 Å². The van der Waals surface area contributed by atoms with Crippen molar-refractivity contribution in [3.8, 4) is 5.75 Å². The summed E-state index contributed by atoms with van der Waals surface area (Å²) in [7, 11) is 0. The van der Waals surface area contributed by atoms with Gasteiger partial charge in [0, 0.05) is 23.9 Å². The Hall–Kier alpha value is -3.24. The lowest BCUT2D eigenvalue weighted by Crippen LogP contribution is -2.46. The van der Waals surface area contributed by atoms with Crippen molar-refractivity contribution in [2.24, 2.45) is 11.8 Å². The van der Waals surface area contributed by atoms with Crippen LogP contribution in [0.4, 0.5) is 0 Å². The van der Waals surface area contributed by atoms with Crippen LogP contribution in [0, 0.1) is 11.8 Å². The molecule has 0 amide bonds. The van der Waals surface area contributed by atoms with E-state index in [-0.39, 0.29) is 17.2 Å². The number of rotatable bonds is 18. The van der Waals surface area contributed by atoms with Gasteiger partial charge in [0.15, 0.2) is 5.60 Å². The van der Waals surface area contributed by atoms with Crippen molar-refractivity contribution >= 4 is 16.9 Å². The number of likely N-dealkylation sites (tertiary alicyclic amines) is 1. The van der Waals surface area contributed by atoms with Crippen molar-refractivity contribution in [1.82, 2.24) is 15.2 Å². The van der Waals surface area contributed by atoms with Gasteiger partial charge in [-0.25, -0.2) is 4.79 Å². The van der Waals surface area contributed by atoms with Crippen LogP contribution in [0.2, 0.25) is 0 Å². The third-order valence-corrected chi connectivity index (χ3v) is 10.8. The number of carbonyl (C=O) groups excluding carboxylic acids is 1. The van der Waals surface area contributed by atoms with Crippen LogP contribution in [-0.4, -0.2) is 70.5 Å². The Morgan fingerprint density at radius 3 is 2.33 bits per heavy atom. The van der Waals surface area contributed by atoms with E-state index in [0.717, 1.165) is 84.0 Å². The molecule has 2 atom stereocenters. The van der Waals surface area contributed by atoms with Gasteiger partial charge >= 0.3 is 5.97 Å². The minimum absolute atomic E-state index is 0.00233. The number of aliphatic hydroxyl groups excluding tert-OH is 1. The number of unbranched alkanes of at least 4 members (excludes halogenated alkanes) is 6. The molecule has 2 fully saturated rings. The lowest BCUT2D eigenvalue weighted by molar-refractivity contribution is -0.177. The van der Waals surface area contributed by atoms with Crippen LogP contribution < -0.4 is 10.9 Å². The predicted molar refractivity (Wildman–Crippen MR) is 193 cm³/mol. The molecule has 5 N–H and O–H groups in total. The molecule has 2 aliphatic rings. The molecule has 1 aromatic heterocycles. The number of nitrogens with one attached hydrogen (secondary N) is 2. The summed E-state index contributed by atoms with van der Waals surface area (Å²) in [6.45, 7) is 4.85. The van der Waals surface area contributed by atoms with Gasteiger partial charge in [-0.15, -0.1) is 0 Å². The molecule has 268 valence electrons. The molecule has 9 nitrogen and oxygen atoms in total. The number of aromatic nitrogens is 1. The van der Waals surface area contributed by atoms with E-state index in [0.29, 0.717) is 41.1 Å². The number of fused-ring (bicyclic) bond motifs is 1. The van der Waals surface area contributed by atoms with Gasteiger partial charge < -0.3 is 35.3 Å². The molecule has 0 bridgehead atoms. The lowest BCUT2D eigenvalue weighted by atomic mass is 9.73. The molecule has 2 heterocycles. The highest BCUT2D eigenvalue weighted by atomic mass is 16.5. The van der Waals surface area contributed by atoms with Gasteiger partial charge in [0.25, 0.3) is 0 Å². The molecule has 1 aliphatic heterocycles. The summed E-state index contributed by atoms with van der Waals surface area (Å²) in [4.78, 5) is 30.2. The van der Waals surface area contributed by atoms with Gasteiger partial charge in [-0.3, -0.25) is 4.79 Å². The van der Waals surface area contributed by atoms with E-state index >= 15 is 0 Å². The standard InChI is InChI=1S/C40H57N3O6/c44-35-20-18-33(34-19-21-37(46)42-38(34)35)36(45)28-41-24-12-4-2-1-3-5-13-25-43-26-22-30(23-27-43)29-49-39(47)40(48,31-14-8-6-9-15-31)32-16-10-7-11-17-32/h6,8-9,14-15,18-21,30,32,36,41,44-45,48H,1-5,7,10-13,16-17,22-29H2,(H,42,46)/t36-,40?/m1/s1. The number of aliphatic hydroxyl groups is 2. The molecule has 1 unspecified atom stereocenters. The highest BCUT2D eigenvalue weighted by Crippen LogP contribution is 2.40. The maximum absolute atomic E-state index is 13.4. The predicted octanol–water partition coefficient (Wildman–Crippen LogP) is 6.31. The van der Waals surface area contributed by atoms with E-state index in [9.17, 15) is 24.9 Å². The zero-order valence-electron chi connectivity index (χ0n) is 29.1. The maximum atomic E-state index is 13.4. The van der Waals surface area contributed by atoms with Crippen molar-refractivity contribution in [3.63, 3.8) is 0 Å². The minimum Gasteiger partial charge on any atom is -0.506 e. The SMILES string of the molecule is O=C(OCC1CCN(CCCCCCCCCNC[C@@H](O)c2ccc(O)c3[nH]c(=O)ccc23)CC1)C(O)(c1ccccc1)C1CCCCC1. The Balaban J connectivity index is 0.888. The number of esters is 1. The Morgan fingerprint density at radius 1 is 0.898 bits per heavy atom. The van der Waals surface area contributed by atoms with Crippen LogP contribution in [0.5, 0.6) is 5.75 Å². The first-order chi connectivity index (χ1) is 23.9. The summed E-state index contributed by atoms with van der Waals surface area (Å²) in [5, 5.41) is 36.5. The summed E-state index contributed by atoms with van der Waals surface area (Å²) in [5.41, 5.74) is -0.143. The van der Waals surface area contributed by atoms with E-state index in [1.807, 2.05) is 30.3 Å². The van der Waals surface area contributed by atoms with Crippen LogP contribution in [-0.2, 0) is 15.1 Å². The van der Waals surface area contributed by atoms with Gasteiger partial charge in [0.1, 0.15) is 5.75 Å². The van der Waals surface area contributed by atoms with Crippen molar-refractivity contribution in [2.45, 2.75) is 102 Å². The van der Waals surface area contributed by atoms with Crippen LogP contribution in [0.3, 0.4) is 0 Å². The number of aromatic amines is 1. The van der Waals surface area contributed by atoms with E-state index in [2.05, 4.69) is 15.2 Å². The molecule has 3 aromatic rings. The summed E-state index contributed by atoms with van der Waals surface area (Å²) >= 11 is 0. The van der Waals surface area contributed by atoms with Crippen molar-refractivity contribution < 1.29 is 24.9 Å². The van der Waals surface area contributed by atoms with E-state index in [1.54, 1.807) is 12.1 Å². The Labute approximate surface area is 291 Å². The highest BCUT2D eigenvalue weighted by Gasteiger charge is 2.47. The first kappa shape index (κ1) is 37.0. The molecular formula is C40H57N3O6. The molecule has 0 radical (unpaired) electrons. The first-order valence-corrected chi connectivity index (χ1v) is 18.8. The number of pyridine rings is 1. The Bertz CT molecular complexity index is 1500. The molecule has 5 rings (SSSR count). The number of piperidine rings is 1. The second kappa shape index (κ2) is 18.7. The number of nitrogens with zero attached hydrogens (tertiary/aromatic N) is 1. The zero-order chi connectivity index (χ0) is 34.5. The number of hydrogen-bond acceptors (Lipinski definition) is 8. The number of benzene rings is 2. The molecule has 0 spiro atoms. The van der Waals surface area contributed by atoms with E-state index in [1.165, 1.54) is 44.2 Å². The number of phenols is 1. The monoisotopic (exact) mass is 675 g/mol. The Morgan fingerprint density at radius 2 is 1.59 bits per heavy atom. The van der Waals surface area contributed by atoms with Crippen LogP contribution in [0.1, 0.15) is 107 Å². The summed E-state index contributed by atoms with van der Waals surface area (Å²) in [6.07, 6.45) is 14.7. The fourth-order valence-corrected chi connectivity index (χ4v) is 7.78. The van der Waals surface area contributed by atoms with Gasteiger partial charge in [-0.1, -0.05) is 87.8 Å². The number of hydrogen-bond donors (Lipinski definition) is 5. The van der Waals surface area contributed by atoms with Crippen molar-refractivity contribution in [3.05, 3.63) is 76.1 Å². The quantitative estimate of drug-likeness (QED) is 0.0782. The first-order valence-electron chi connectivity index (χ1n) is 18.8. The van der Waals surface area contributed by atoms with Gasteiger partial charge in [0.2, 0.25) is 5.56 Å². The average molecular weight is 676 g/mol. The van der Waals surface area contributed by atoms with Crippen LogP contribution in [0.15, 0.2) is 59.4 Å². The second-order valence-corrected chi connectivity index (χ2v) is 14.3. The fourth-order valence-electron chi connectivity index (χ4n) is 7.78. The normalized spacial score (nSPS) is 18.3. The van der Waals surface area contributed by atoms with Crippen LogP contribution in [0.25, 0.3) is 10.9 Å². The topological polar surface area (TPSA) is 135 Å². The smallest absolute Gasteiger partial charge is 0.343 e. The molecule has 2 aromatic carbocycles. The molecular weight excluding hydrogens is 618 g/mol. The third-order valence-electron chi connectivity index (χ3n) is 10.8. The van der Waals surface area contributed by atoms with Gasteiger partial charge in [-0.2, -0.15) is 0 Å². The maximum Gasteiger partial charge on any atom is 0.343 e. The fraction of sp³-hybridized carbons (Fsp3) is 0.600. The molecule has 1 saturated carbocycles. The molecule has 9 heteroatoms. The van der Waals surface area contributed by atoms with Crippen LogP contribution >= 0.6 is 0 Å². The minimum atomic E-state index is -1.56. The number of ether oxygens (including phenoxy) is 1. The summed E-state index contributed by atoms with van der Waals surface area (Å²) < 4.78 is 5.87. The second-order valence-electron chi connectivity index (χ2n) is 14.3. The van der Waals surface area contributed by atoms with Gasteiger partial charge in [0.05, 0.1) is 18.2 Å². The highest BCUT2D eigenvalue weighted by molar-refractivity contribution is 5.87. The third kappa shape index (κ3) is 10.2. The molecule has 1 saturated heterocycles. The lowest BCUT2D eigenvalue weighted by Gasteiger charge is -2.37. The van der Waals surface area contributed by atoms with E-state index in [4.69, 9.17) is 4.74 Å². The van der Waals surface area contributed by atoms with E-state index < -0.39 is 17.7 Å². The number of phenolic OH excluding ortho intramolecular Hbond substituents is 1. The van der Waals surface area contributed by atoms with Gasteiger partial charge in [-0.05, 0) is 93.9 Å². The molecule has 1 aliphatic carbocycles. The average Bonchev–Trinajstić information content (AvgIpc) is 3.14. The van der Waals surface area contributed by atoms with Crippen molar-refractivity contribution in [1.29, 1.82) is 0 Å². The Kier molecular flexibility index (Phi) is 14.1.